The maximum Gasteiger partial charge on any atom is 0.252 e. The SMILES string of the molecule is CS(=O)(=O)N1CC[C@@]2(CCC[C@H]2C(=O)NC2CC(F)(F)C2)C1. The molecule has 0 bridgehead atoms. The van der Waals surface area contributed by atoms with Gasteiger partial charge in [-0.25, -0.2) is 21.5 Å². The molecule has 3 rings (SSSR count). The summed E-state index contributed by atoms with van der Waals surface area (Å²) in [5.41, 5.74) is -0.306. The fourth-order valence-corrected chi connectivity index (χ4v) is 5.16. The van der Waals surface area contributed by atoms with Gasteiger partial charge >= 0.3 is 0 Å². The highest BCUT2D eigenvalue weighted by molar-refractivity contribution is 7.88. The standard InChI is InChI=1S/C14H22F2N2O3S/c1-22(20,21)18-6-5-13(9-18)4-2-3-11(13)12(19)17-10-7-14(15,16)8-10/h10-11H,2-9H2,1H3,(H,17,19)/t11-,13-/m0/s1. The predicted octanol–water partition coefficient (Wildman–Crippen LogP) is 1.35. The molecule has 0 aromatic heterocycles. The molecule has 1 N–H and O–H groups in total. The van der Waals surface area contributed by atoms with Gasteiger partial charge in [-0.2, -0.15) is 0 Å². The Hall–Kier alpha value is -0.760. The average molecular weight is 336 g/mol. The second-order valence-corrected chi connectivity index (χ2v) is 9.11. The number of hydrogen-bond donors (Lipinski definition) is 1. The zero-order valence-corrected chi connectivity index (χ0v) is 13.5. The summed E-state index contributed by atoms with van der Waals surface area (Å²) in [6, 6.07) is -0.437. The number of carbonyl (C=O) groups is 1. The minimum absolute atomic E-state index is 0.173. The van der Waals surface area contributed by atoms with E-state index in [1.165, 1.54) is 10.6 Å². The van der Waals surface area contributed by atoms with Crippen LogP contribution < -0.4 is 5.32 Å². The lowest BCUT2D eigenvalue weighted by Crippen LogP contribution is -2.53. The zero-order chi connectivity index (χ0) is 16.2. The molecule has 2 saturated carbocycles. The number of rotatable bonds is 3. The lowest BCUT2D eigenvalue weighted by atomic mass is 9.76. The summed E-state index contributed by atoms with van der Waals surface area (Å²) < 4.78 is 50.6. The lowest BCUT2D eigenvalue weighted by Gasteiger charge is -2.37. The summed E-state index contributed by atoms with van der Waals surface area (Å²) >= 11 is 0. The molecule has 1 spiro atoms. The van der Waals surface area contributed by atoms with Gasteiger partial charge in [-0.3, -0.25) is 4.79 Å². The molecule has 1 amide bonds. The molecule has 0 aromatic rings. The molecule has 3 aliphatic rings. The number of nitrogens with one attached hydrogen (secondary N) is 1. The van der Waals surface area contributed by atoms with E-state index in [9.17, 15) is 22.0 Å². The quantitative estimate of drug-likeness (QED) is 0.846. The Balaban J connectivity index is 1.65. The highest BCUT2D eigenvalue weighted by atomic mass is 32.2. The van der Waals surface area contributed by atoms with Crippen molar-refractivity contribution in [2.24, 2.45) is 11.3 Å². The molecule has 126 valence electrons. The Bertz CT molecular complexity index is 573. The normalized spacial score (nSPS) is 35.7. The van der Waals surface area contributed by atoms with Crippen LogP contribution in [0.3, 0.4) is 0 Å². The average Bonchev–Trinajstić information content (AvgIpc) is 2.94. The van der Waals surface area contributed by atoms with Gasteiger partial charge in [-0.05, 0) is 24.7 Å². The maximum absolute atomic E-state index is 12.9. The number of amides is 1. The van der Waals surface area contributed by atoms with E-state index in [4.69, 9.17) is 0 Å². The van der Waals surface area contributed by atoms with Gasteiger partial charge in [0, 0.05) is 37.9 Å². The minimum Gasteiger partial charge on any atom is -0.353 e. The van der Waals surface area contributed by atoms with Crippen molar-refractivity contribution in [1.29, 1.82) is 0 Å². The molecule has 1 aliphatic heterocycles. The van der Waals surface area contributed by atoms with E-state index in [0.29, 0.717) is 25.9 Å². The second-order valence-electron chi connectivity index (χ2n) is 7.12. The molecular formula is C14H22F2N2O3S. The van der Waals surface area contributed by atoms with Crippen LogP contribution in [0.1, 0.15) is 38.5 Å². The maximum atomic E-state index is 12.9. The third-order valence-corrected chi connectivity index (χ3v) is 6.73. The van der Waals surface area contributed by atoms with E-state index in [1.54, 1.807) is 0 Å². The fourth-order valence-electron chi connectivity index (χ4n) is 4.24. The molecular weight excluding hydrogens is 314 g/mol. The number of carbonyl (C=O) groups excluding carboxylic acids is 1. The zero-order valence-electron chi connectivity index (χ0n) is 12.6. The molecule has 1 saturated heterocycles. The summed E-state index contributed by atoms with van der Waals surface area (Å²) in [5, 5.41) is 2.73. The first-order valence-electron chi connectivity index (χ1n) is 7.75. The summed E-state index contributed by atoms with van der Waals surface area (Å²) in [4.78, 5) is 12.5. The predicted molar refractivity (Wildman–Crippen MR) is 76.9 cm³/mol. The third kappa shape index (κ3) is 2.87. The van der Waals surface area contributed by atoms with Crippen LogP contribution in [-0.4, -0.2) is 49.9 Å². The summed E-state index contributed by atoms with van der Waals surface area (Å²) in [7, 11) is -3.24. The first kappa shape index (κ1) is 16.1. The number of sulfonamides is 1. The summed E-state index contributed by atoms with van der Waals surface area (Å²) in [6.45, 7) is 0.828. The number of halogens is 2. The van der Waals surface area contributed by atoms with Crippen molar-refractivity contribution >= 4 is 15.9 Å². The van der Waals surface area contributed by atoms with E-state index < -0.39 is 22.0 Å². The van der Waals surface area contributed by atoms with E-state index in [1.807, 2.05) is 0 Å². The topological polar surface area (TPSA) is 66.5 Å². The van der Waals surface area contributed by atoms with Crippen LogP contribution in [0.4, 0.5) is 8.78 Å². The van der Waals surface area contributed by atoms with Gasteiger partial charge in [0.05, 0.1) is 6.26 Å². The van der Waals surface area contributed by atoms with Gasteiger partial charge in [0.25, 0.3) is 5.92 Å². The van der Waals surface area contributed by atoms with Gasteiger partial charge < -0.3 is 5.32 Å². The van der Waals surface area contributed by atoms with Crippen molar-refractivity contribution in [2.75, 3.05) is 19.3 Å². The van der Waals surface area contributed by atoms with Crippen LogP contribution in [0.15, 0.2) is 0 Å². The van der Waals surface area contributed by atoms with Gasteiger partial charge in [-0.1, -0.05) is 6.42 Å². The highest BCUT2D eigenvalue weighted by Gasteiger charge is 2.53. The first-order chi connectivity index (χ1) is 10.1. The summed E-state index contributed by atoms with van der Waals surface area (Å²) in [6.07, 6.45) is 3.73. The van der Waals surface area contributed by atoms with E-state index in [2.05, 4.69) is 5.32 Å². The molecule has 0 radical (unpaired) electrons. The first-order valence-corrected chi connectivity index (χ1v) is 9.60. The van der Waals surface area contributed by atoms with Crippen LogP contribution in [0.25, 0.3) is 0 Å². The number of alkyl halides is 2. The molecule has 0 unspecified atom stereocenters. The highest BCUT2D eigenvalue weighted by Crippen LogP contribution is 2.50. The van der Waals surface area contributed by atoms with Gasteiger partial charge in [0.1, 0.15) is 0 Å². The monoisotopic (exact) mass is 336 g/mol. The summed E-state index contributed by atoms with van der Waals surface area (Å²) in [5.74, 6) is -3.08. The van der Waals surface area contributed by atoms with Crippen molar-refractivity contribution in [3.8, 4) is 0 Å². The van der Waals surface area contributed by atoms with Gasteiger partial charge in [-0.15, -0.1) is 0 Å². The molecule has 22 heavy (non-hydrogen) atoms. The molecule has 2 aliphatic carbocycles. The van der Waals surface area contributed by atoms with Crippen LogP contribution >= 0.6 is 0 Å². The Labute approximate surface area is 129 Å². The molecule has 5 nitrogen and oxygen atoms in total. The number of nitrogens with zero attached hydrogens (tertiary/aromatic N) is 1. The largest absolute Gasteiger partial charge is 0.353 e. The van der Waals surface area contributed by atoms with Crippen molar-refractivity contribution in [1.82, 2.24) is 9.62 Å². The molecule has 0 aromatic carbocycles. The van der Waals surface area contributed by atoms with Crippen LogP contribution in [-0.2, 0) is 14.8 Å². The van der Waals surface area contributed by atoms with E-state index in [0.717, 1.165) is 12.8 Å². The number of hydrogen-bond acceptors (Lipinski definition) is 3. The van der Waals surface area contributed by atoms with Gasteiger partial charge in [0.15, 0.2) is 0 Å². The van der Waals surface area contributed by atoms with Crippen LogP contribution in [0.5, 0.6) is 0 Å². The Morgan fingerprint density at radius 1 is 1.27 bits per heavy atom. The lowest BCUT2D eigenvalue weighted by molar-refractivity contribution is -0.135. The van der Waals surface area contributed by atoms with Crippen molar-refractivity contribution in [3.63, 3.8) is 0 Å². The van der Waals surface area contributed by atoms with Crippen molar-refractivity contribution in [3.05, 3.63) is 0 Å². The Kier molecular flexibility index (Phi) is 3.75. The fraction of sp³-hybridized carbons (Fsp3) is 0.929. The second kappa shape index (κ2) is 5.12. The minimum atomic E-state index is -3.24. The molecule has 1 heterocycles. The molecule has 8 heteroatoms. The van der Waals surface area contributed by atoms with E-state index in [-0.39, 0.29) is 30.1 Å². The van der Waals surface area contributed by atoms with Crippen LogP contribution in [0, 0.1) is 11.3 Å². The Morgan fingerprint density at radius 2 is 1.95 bits per heavy atom. The van der Waals surface area contributed by atoms with Crippen molar-refractivity contribution < 1.29 is 22.0 Å². The Morgan fingerprint density at radius 3 is 2.50 bits per heavy atom. The van der Waals surface area contributed by atoms with Crippen molar-refractivity contribution in [2.45, 2.75) is 50.5 Å². The molecule has 3 fully saturated rings. The van der Waals surface area contributed by atoms with Crippen LogP contribution in [0.2, 0.25) is 0 Å². The molecule has 2 atom stereocenters. The van der Waals surface area contributed by atoms with E-state index >= 15 is 0 Å². The third-order valence-electron chi connectivity index (χ3n) is 5.48. The smallest absolute Gasteiger partial charge is 0.252 e. The van der Waals surface area contributed by atoms with Gasteiger partial charge in [0.2, 0.25) is 15.9 Å².